The molecule has 1 aromatic heterocycles. The number of hydrogen-bond donors (Lipinski definition) is 1. The minimum atomic E-state index is 0.359. The Morgan fingerprint density at radius 2 is 2.22 bits per heavy atom. The van der Waals surface area contributed by atoms with E-state index in [0.29, 0.717) is 6.04 Å². The summed E-state index contributed by atoms with van der Waals surface area (Å²) in [6.45, 7) is 9.94. The van der Waals surface area contributed by atoms with Crippen molar-refractivity contribution in [3.05, 3.63) is 23.9 Å². The lowest BCUT2D eigenvalue weighted by Gasteiger charge is -2.23. The summed E-state index contributed by atoms with van der Waals surface area (Å²) in [5.41, 5.74) is 1.28. The molecule has 1 heterocycles. The normalized spacial score (nSPS) is 12.4. The predicted octanol–water partition coefficient (Wildman–Crippen LogP) is 2.22. The van der Waals surface area contributed by atoms with E-state index < -0.39 is 0 Å². The Hall–Kier alpha value is -1.13. The van der Waals surface area contributed by atoms with Gasteiger partial charge in [-0.15, -0.1) is 0 Å². The quantitative estimate of drug-likeness (QED) is 0.769. The number of hydrogen-bond acceptors (Lipinski definition) is 4. The fourth-order valence-electron chi connectivity index (χ4n) is 1.94. The third-order valence-electron chi connectivity index (χ3n) is 3.05. The second-order valence-corrected chi connectivity index (χ2v) is 4.30. The fraction of sp³-hybridized carbons (Fsp3) is 0.643. The summed E-state index contributed by atoms with van der Waals surface area (Å²) in [5, 5.41) is 3.42. The molecule has 102 valence electrons. The molecule has 1 atom stereocenters. The SMILES string of the molecule is CCNC(C)c1ccnc(N(CC)CCOC)c1. The van der Waals surface area contributed by atoms with Crippen LogP contribution in [-0.4, -0.2) is 38.3 Å². The lowest BCUT2D eigenvalue weighted by Crippen LogP contribution is -2.28. The van der Waals surface area contributed by atoms with Gasteiger partial charge in [0, 0.05) is 32.4 Å². The van der Waals surface area contributed by atoms with Crippen molar-refractivity contribution in [1.29, 1.82) is 0 Å². The van der Waals surface area contributed by atoms with Crippen LogP contribution >= 0.6 is 0 Å². The van der Waals surface area contributed by atoms with Crippen LogP contribution in [0.1, 0.15) is 32.4 Å². The Labute approximate surface area is 110 Å². The van der Waals surface area contributed by atoms with Crippen molar-refractivity contribution >= 4 is 5.82 Å². The second-order valence-electron chi connectivity index (χ2n) is 4.30. The molecule has 1 aromatic rings. The zero-order chi connectivity index (χ0) is 13.4. The lowest BCUT2D eigenvalue weighted by molar-refractivity contribution is 0.205. The van der Waals surface area contributed by atoms with Gasteiger partial charge in [0.15, 0.2) is 0 Å². The van der Waals surface area contributed by atoms with Crippen molar-refractivity contribution < 1.29 is 4.74 Å². The van der Waals surface area contributed by atoms with Gasteiger partial charge in [-0.2, -0.15) is 0 Å². The molecule has 0 amide bonds. The molecule has 0 saturated carbocycles. The maximum Gasteiger partial charge on any atom is 0.128 e. The molecule has 0 aliphatic heterocycles. The third kappa shape index (κ3) is 4.27. The van der Waals surface area contributed by atoms with Gasteiger partial charge in [0.2, 0.25) is 0 Å². The molecule has 0 bridgehead atoms. The minimum Gasteiger partial charge on any atom is -0.383 e. The molecule has 0 fully saturated rings. The second kappa shape index (κ2) is 8.06. The molecule has 18 heavy (non-hydrogen) atoms. The van der Waals surface area contributed by atoms with E-state index in [1.807, 2.05) is 6.20 Å². The number of rotatable bonds is 8. The van der Waals surface area contributed by atoms with Crippen LogP contribution in [-0.2, 0) is 4.74 Å². The smallest absolute Gasteiger partial charge is 0.128 e. The summed E-state index contributed by atoms with van der Waals surface area (Å²) in [5.74, 6) is 1.02. The van der Waals surface area contributed by atoms with Crippen molar-refractivity contribution in [3.8, 4) is 0 Å². The average Bonchev–Trinajstić information content (AvgIpc) is 2.40. The number of anilines is 1. The summed E-state index contributed by atoms with van der Waals surface area (Å²) in [6.07, 6.45) is 1.88. The van der Waals surface area contributed by atoms with Crippen molar-refractivity contribution in [2.24, 2.45) is 0 Å². The first-order valence-corrected chi connectivity index (χ1v) is 6.66. The molecule has 4 nitrogen and oxygen atoms in total. The standard InChI is InChI=1S/C14H25N3O/c1-5-15-12(3)13-7-8-16-14(11-13)17(6-2)9-10-18-4/h7-8,11-12,15H,5-6,9-10H2,1-4H3. The van der Waals surface area contributed by atoms with Crippen LogP contribution < -0.4 is 10.2 Å². The highest BCUT2D eigenvalue weighted by Crippen LogP contribution is 2.17. The summed E-state index contributed by atoms with van der Waals surface area (Å²) in [7, 11) is 1.73. The van der Waals surface area contributed by atoms with Crippen molar-refractivity contribution in [1.82, 2.24) is 10.3 Å². The van der Waals surface area contributed by atoms with Crippen LogP contribution in [0.3, 0.4) is 0 Å². The predicted molar refractivity (Wildman–Crippen MR) is 76.1 cm³/mol. The third-order valence-corrected chi connectivity index (χ3v) is 3.05. The molecule has 0 radical (unpaired) electrons. The highest BCUT2D eigenvalue weighted by atomic mass is 16.5. The van der Waals surface area contributed by atoms with Gasteiger partial charge in [-0.3, -0.25) is 0 Å². The Morgan fingerprint density at radius 3 is 2.83 bits per heavy atom. The Kier molecular flexibility index (Phi) is 6.68. The summed E-state index contributed by atoms with van der Waals surface area (Å²) in [6, 6.07) is 4.59. The fourth-order valence-corrected chi connectivity index (χ4v) is 1.94. The van der Waals surface area contributed by atoms with Gasteiger partial charge in [0.1, 0.15) is 5.82 Å². The molecular formula is C14H25N3O. The summed E-state index contributed by atoms with van der Waals surface area (Å²) < 4.78 is 5.13. The van der Waals surface area contributed by atoms with Gasteiger partial charge in [-0.05, 0) is 38.1 Å². The van der Waals surface area contributed by atoms with E-state index in [-0.39, 0.29) is 0 Å². The van der Waals surface area contributed by atoms with Crippen molar-refractivity contribution in [2.75, 3.05) is 38.3 Å². The average molecular weight is 251 g/mol. The van der Waals surface area contributed by atoms with E-state index >= 15 is 0 Å². The van der Waals surface area contributed by atoms with Crippen LogP contribution in [0, 0.1) is 0 Å². The van der Waals surface area contributed by atoms with Gasteiger partial charge in [0.25, 0.3) is 0 Å². The molecule has 4 heteroatoms. The van der Waals surface area contributed by atoms with E-state index in [4.69, 9.17) is 4.74 Å². The number of aromatic nitrogens is 1. The molecule has 1 rings (SSSR count). The van der Waals surface area contributed by atoms with Crippen LogP contribution in [0.4, 0.5) is 5.82 Å². The highest BCUT2D eigenvalue weighted by Gasteiger charge is 2.09. The number of pyridine rings is 1. The zero-order valence-corrected chi connectivity index (χ0v) is 11.9. The van der Waals surface area contributed by atoms with Gasteiger partial charge >= 0.3 is 0 Å². The molecular weight excluding hydrogens is 226 g/mol. The zero-order valence-electron chi connectivity index (χ0n) is 11.9. The monoisotopic (exact) mass is 251 g/mol. The minimum absolute atomic E-state index is 0.359. The van der Waals surface area contributed by atoms with Crippen molar-refractivity contribution in [2.45, 2.75) is 26.8 Å². The Balaban J connectivity index is 2.78. The topological polar surface area (TPSA) is 37.4 Å². The largest absolute Gasteiger partial charge is 0.383 e. The number of nitrogens with zero attached hydrogens (tertiary/aromatic N) is 2. The van der Waals surface area contributed by atoms with Gasteiger partial charge < -0.3 is 15.0 Å². The molecule has 1 N–H and O–H groups in total. The number of nitrogens with one attached hydrogen (secondary N) is 1. The van der Waals surface area contributed by atoms with Crippen molar-refractivity contribution in [3.63, 3.8) is 0 Å². The van der Waals surface area contributed by atoms with E-state index in [1.54, 1.807) is 7.11 Å². The first kappa shape index (κ1) is 14.9. The van der Waals surface area contributed by atoms with Crippen LogP contribution in [0.5, 0.6) is 0 Å². The molecule has 0 aromatic carbocycles. The van der Waals surface area contributed by atoms with E-state index in [2.05, 4.69) is 48.1 Å². The molecule has 0 aliphatic rings. The maximum absolute atomic E-state index is 5.13. The maximum atomic E-state index is 5.13. The van der Waals surface area contributed by atoms with E-state index in [9.17, 15) is 0 Å². The first-order valence-electron chi connectivity index (χ1n) is 6.66. The number of likely N-dealkylation sites (N-methyl/N-ethyl adjacent to an activating group) is 1. The Morgan fingerprint density at radius 1 is 1.44 bits per heavy atom. The lowest BCUT2D eigenvalue weighted by atomic mass is 10.1. The van der Waals surface area contributed by atoms with Crippen LogP contribution in [0.15, 0.2) is 18.3 Å². The van der Waals surface area contributed by atoms with Gasteiger partial charge in [-0.25, -0.2) is 4.98 Å². The highest BCUT2D eigenvalue weighted by molar-refractivity contribution is 5.41. The van der Waals surface area contributed by atoms with Gasteiger partial charge in [0.05, 0.1) is 6.61 Å². The van der Waals surface area contributed by atoms with E-state index in [0.717, 1.165) is 32.1 Å². The summed E-state index contributed by atoms with van der Waals surface area (Å²) in [4.78, 5) is 6.68. The molecule has 0 spiro atoms. The van der Waals surface area contributed by atoms with Crippen LogP contribution in [0.25, 0.3) is 0 Å². The van der Waals surface area contributed by atoms with Crippen LogP contribution in [0.2, 0.25) is 0 Å². The summed E-state index contributed by atoms with van der Waals surface area (Å²) >= 11 is 0. The number of ether oxygens (including phenoxy) is 1. The number of methoxy groups -OCH3 is 1. The molecule has 0 aliphatic carbocycles. The first-order chi connectivity index (χ1) is 8.72. The molecule has 0 saturated heterocycles. The molecule has 1 unspecified atom stereocenters. The Bertz CT molecular complexity index is 344. The van der Waals surface area contributed by atoms with E-state index in [1.165, 1.54) is 5.56 Å². The van der Waals surface area contributed by atoms with Gasteiger partial charge in [-0.1, -0.05) is 6.92 Å².